The Morgan fingerprint density at radius 2 is 1.84 bits per heavy atom. The Hall–Kier alpha value is -1.32. The summed E-state index contributed by atoms with van der Waals surface area (Å²) in [7, 11) is 1.86. The lowest BCUT2D eigenvalue weighted by Crippen LogP contribution is -2.39. The number of rotatable bonds is 3. The fourth-order valence-corrected chi connectivity index (χ4v) is 2.66. The van der Waals surface area contributed by atoms with Crippen LogP contribution in [0.4, 0.5) is 0 Å². The van der Waals surface area contributed by atoms with Gasteiger partial charge in [-0.1, -0.05) is 26.3 Å². The minimum Gasteiger partial charge on any atom is -0.478 e. The minimum absolute atomic E-state index is 0.0540. The maximum Gasteiger partial charge on any atom is 0.328 e. The van der Waals surface area contributed by atoms with E-state index in [-0.39, 0.29) is 17.2 Å². The zero-order chi connectivity index (χ0) is 14.6. The normalized spacial score (nSPS) is 20.0. The van der Waals surface area contributed by atoms with Gasteiger partial charge in [0.15, 0.2) is 0 Å². The first kappa shape index (κ1) is 15.7. The SMILES string of the molecule is CN(CC(C)(C)C)C(=O)C1CCC(=CC(=O)O)CC1. The van der Waals surface area contributed by atoms with Crippen LogP contribution in [0.2, 0.25) is 0 Å². The molecule has 0 bridgehead atoms. The zero-order valence-electron chi connectivity index (χ0n) is 12.4. The van der Waals surface area contributed by atoms with E-state index in [4.69, 9.17) is 5.11 Å². The highest BCUT2D eigenvalue weighted by Crippen LogP contribution is 2.30. The van der Waals surface area contributed by atoms with E-state index in [9.17, 15) is 9.59 Å². The van der Waals surface area contributed by atoms with E-state index in [0.717, 1.165) is 37.8 Å². The Morgan fingerprint density at radius 1 is 1.32 bits per heavy atom. The highest BCUT2D eigenvalue weighted by atomic mass is 16.4. The number of carboxylic acids is 1. The van der Waals surface area contributed by atoms with Crippen molar-refractivity contribution in [3.63, 3.8) is 0 Å². The van der Waals surface area contributed by atoms with Crippen molar-refractivity contribution in [1.82, 2.24) is 4.90 Å². The lowest BCUT2D eigenvalue weighted by atomic mass is 9.84. The number of carboxylic acid groups (broad SMARTS) is 1. The van der Waals surface area contributed by atoms with Crippen molar-refractivity contribution in [2.75, 3.05) is 13.6 Å². The van der Waals surface area contributed by atoms with E-state index in [2.05, 4.69) is 20.8 Å². The second kappa shape index (κ2) is 6.22. The average Bonchev–Trinajstić information content (AvgIpc) is 2.26. The largest absolute Gasteiger partial charge is 0.478 e. The number of amides is 1. The third kappa shape index (κ3) is 5.45. The van der Waals surface area contributed by atoms with Crippen LogP contribution in [0.3, 0.4) is 0 Å². The summed E-state index contributed by atoms with van der Waals surface area (Å²) in [4.78, 5) is 24.7. The van der Waals surface area contributed by atoms with Gasteiger partial charge in [0.25, 0.3) is 0 Å². The van der Waals surface area contributed by atoms with Gasteiger partial charge in [-0.05, 0) is 31.1 Å². The van der Waals surface area contributed by atoms with Crippen molar-refractivity contribution in [3.05, 3.63) is 11.6 Å². The highest BCUT2D eigenvalue weighted by Gasteiger charge is 2.27. The van der Waals surface area contributed by atoms with Crippen molar-refractivity contribution < 1.29 is 14.7 Å². The molecule has 1 aliphatic rings. The van der Waals surface area contributed by atoms with Gasteiger partial charge < -0.3 is 10.0 Å². The molecule has 1 fully saturated rings. The maximum atomic E-state index is 12.3. The number of allylic oxidation sites excluding steroid dienone is 1. The predicted octanol–water partition coefficient (Wildman–Crippen LogP) is 2.69. The molecule has 0 aromatic carbocycles. The quantitative estimate of drug-likeness (QED) is 0.800. The van der Waals surface area contributed by atoms with Gasteiger partial charge in [-0.2, -0.15) is 0 Å². The van der Waals surface area contributed by atoms with Crippen molar-refractivity contribution in [2.24, 2.45) is 11.3 Å². The van der Waals surface area contributed by atoms with Crippen LogP contribution in [0, 0.1) is 11.3 Å². The van der Waals surface area contributed by atoms with Crippen molar-refractivity contribution in [2.45, 2.75) is 46.5 Å². The standard InChI is InChI=1S/C15H25NO3/c1-15(2,3)10-16(4)14(19)12-7-5-11(6-8-12)9-13(17)18/h9,12H,5-8,10H2,1-4H3,(H,17,18). The molecule has 0 atom stereocenters. The topological polar surface area (TPSA) is 57.6 Å². The minimum atomic E-state index is -0.885. The summed E-state index contributed by atoms with van der Waals surface area (Å²) in [6.45, 7) is 7.10. The molecule has 4 heteroatoms. The van der Waals surface area contributed by atoms with Gasteiger partial charge in [0.2, 0.25) is 5.91 Å². The molecule has 0 aliphatic heterocycles. The van der Waals surface area contributed by atoms with E-state index < -0.39 is 5.97 Å². The van der Waals surface area contributed by atoms with Crippen molar-refractivity contribution in [1.29, 1.82) is 0 Å². The molecule has 0 heterocycles. The molecule has 4 nitrogen and oxygen atoms in total. The van der Waals surface area contributed by atoms with Gasteiger partial charge in [0, 0.05) is 25.6 Å². The molecule has 0 aromatic heterocycles. The molecule has 1 rings (SSSR count). The highest BCUT2D eigenvalue weighted by molar-refractivity contribution is 5.81. The van der Waals surface area contributed by atoms with Gasteiger partial charge in [-0.3, -0.25) is 4.79 Å². The molecule has 0 unspecified atom stereocenters. The van der Waals surface area contributed by atoms with E-state index in [0.29, 0.717) is 0 Å². The Kier molecular flexibility index (Phi) is 5.15. The van der Waals surface area contributed by atoms with Crippen LogP contribution >= 0.6 is 0 Å². The van der Waals surface area contributed by atoms with E-state index in [1.165, 1.54) is 6.08 Å². The number of hydrogen-bond donors (Lipinski definition) is 1. The Labute approximate surface area is 115 Å². The van der Waals surface area contributed by atoms with Crippen LogP contribution in [0.1, 0.15) is 46.5 Å². The lowest BCUT2D eigenvalue weighted by Gasteiger charge is -2.31. The second-order valence-corrected chi connectivity index (χ2v) is 6.67. The van der Waals surface area contributed by atoms with Crippen molar-refractivity contribution in [3.8, 4) is 0 Å². The molecule has 0 spiro atoms. The summed E-state index contributed by atoms with van der Waals surface area (Å²) in [5.41, 5.74) is 1.06. The monoisotopic (exact) mass is 267 g/mol. The third-order valence-electron chi connectivity index (χ3n) is 3.39. The Balaban J connectivity index is 2.51. The molecule has 1 saturated carbocycles. The molecule has 1 amide bonds. The first-order valence-electron chi connectivity index (χ1n) is 6.86. The summed E-state index contributed by atoms with van der Waals surface area (Å²) in [6.07, 6.45) is 4.29. The van der Waals surface area contributed by atoms with Crippen LogP contribution in [0.25, 0.3) is 0 Å². The Morgan fingerprint density at radius 3 is 2.26 bits per heavy atom. The first-order chi connectivity index (χ1) is 8.69. The summed E-state index contributed by atoms with van der Waals surface area (Å²) in [5, 5.41) is 8.71. The molecular formula is C15H25NO3. The molecule has 19 heavy (non-hydrogen) atoms. The molecular weight excluding hydrogens is 242 g/mol. The number of nitrogens with zero attached hydrogens (tertiary/aromatic N) is 1. The van der Waals surface area contributed by atoms with Gasteiger partial charge in [0.1, 0.15) is 0 Å². The fourth-order valence-electron chi connectivity index (χ4n) is 2.66. The summed E-state index contributed by atoms with van der Waals surface area (Å²) >= 11 is 0. The van der Waals surface area contributed by atoms with Gasteiger partial charge in [-0.25, -0.2) is 4.79 Å². The van der Waals surface area contributed by atoms with E-state index >= 15 is 0 Å². The molecule has 1 N–H and O–H groups in total. The van der Waals surface area contributed by atoms with E-state index in [1.54, 1.807) is 0 Å². The molecule has 0 radical (unpaired) electrons. The zero-order valence-corrected chi connectivity index (χ0v) is 12.4. The summed E-state index contributed by atoms with van der Waals surface area (Å²) in [5.74, 6) is -0.632. The van der Waals surface area contributed by atoms with Gasteiger partial charge in [0.05, 0.1) is 0 Å². The van der Waals surface area contributed by atoms with Crippen molar-refractivity contribution >= 4 is 11.9 Å². The number of aliphatic carboxylic acids is 1. The molecule has 0 aromatic rings. The summed E-state index contributed by atoms with van der Waals surface area (Å²) < 4.78 is 0. The molecule has 1 aliphatic carbocycles. The van der Waals surface area contributed by atoms with Crippen LogP contribution in [0.5, 0.6) is 0 Å². The number of carbonyl (C=O) groups excluding carboxylic acids is 1. The van der Waals surface area contributed by atoms with Gasteiger partial charge in [-0.15, -0.1) is 0 Å². The average molecular weight is 267 g/mol. The third-order valence-corrected chi connectivity index (χ3v) is 3.39. The second-order valence-electron chi connectivity index (χ2n) is 6.67. The lowest BCUT2D eigenvalue weighted by molar-refractivity contribution is -0.136. The predicted molar refractivity (Wildman–Crippen MR) is 74.8 cm³/mol. The number of hydrogen-bond acceptors (Lipinski definition) is 2. The Bertz CT molecular complexity index is 369. The van der Waals surface area contributed by atoms with Crippen LogP contribution in [0.15, 0.2) is 11.6 Å². The maximum absolute atomic E-state index is 12.3. The van der Waals surface area contributed by atoms with Crippen LogP contribution in [-0.4, -0.2) is 35.5 Å². The fraction of sp³-hybridized carbons (Fsp3) is 0.733. The van der Waals surface area contributed by atoms with Crippen LogP contribution < -0.4 is 0 Å². The van der Waals surface area contributed by atoms with Crippen LogP contribution in [-0.2, 0) is 9.59 Å². The van der Waals surface area contributed by atoms with E-state index in [1.807, 2.05) is 11.9 Å². The molecule has 0 saturated heterocycles. The summed E-state index contributed by atoms with van der Waals surface area (Å²) in [6, 6.07) is 0. The first-order valence-corrected chi connectivity index (χ1v) is 6.86. The van der Waals surface area contributed by atoms with Gasteiger partial charge >= 0.3 is 5.97 Å². The number of carbonyl (C=O) groups is 2. The smallest absolute Gasteiger partial charge is 0.328 e. The molecule has 108 valence electrons.